The molecule has 9 saturated heterocycles. The van der Waals surface area contributed by atoms with Crippen molar-refractivity contribution in [1.82, 2.24) is 0 Å². The van der Waals surface area contributed by atoms with Crippen LogP contribution in [0.5, 0.6) is 0 Å². The van der Waals surface area contributed by atoms with Gasteiger partial charge < -0.3 is 212 Å². The van der Waals surface area contributed by atoms with Gasteiger partial charge in [0.1, 0.15) is 170 Å². The maximum absolute atomic E-state index is 16.7. The Bertz CT molecular complexity index is 3890. The van der Waals surface area contributed by atoms with E-state index in [0.29, 0.717) is 19.3 Å². The second kappa shape index (κ2) is 38.6. The number of hydrogen-bond donors (Lipinski definition) is 23. The van der Waals surface area contributed by atoms with Crippen LogP contribution in [-0.4, -0.2) is 445 Å². The molecule has 14 aliphatic rings. The molecule has 9 heterocycles. The molecule has 0 spiro atoms. The molecule has 0 aromatic heterocycles. The van der Waals surface area contributed by atoms with Crippen molar-refractivity contribution >= 4 is 24.2 Å². The van der Waals surface area contributed by atoms with Crippen molar-refractivity contribution in [2.75, 3.05) is 39.6 Å². The second-order valence-electron chi connectivity index (χ2n) is 39.4. The van der Waals surface area contributed by atoms with E-state index in [-0.39, 0.29) is 44.4 Å². The lowest BCUT2D eigenvalue weighted by atomic mass is 9.33. The molecule has 0 aromatic carbocycles. The third kappa shape index (κ3) is 18.0. The van der Waals surface area contributed by atoms with Gasteiger partial charge in [-0.05, 0) is 118 Å². The Balaban J connectivity index is 0.780. The van der Waals surface area contributed by atoms with Crippen LogP contribution in [0.15, 0.2) is 11.6 Å². The Morgan fingerprint density at radius 1 is 0.457 bits per heavy atom. The van der Waals surface area contributed by atoms with Gasteiger partial charge in [0.2, 0.25) is 6.29 Å². The van der Waals surface area contributed by atoms with Gasteiger partial charge in [0.05, 0.1) is 75.6 Å². The molecule has 129 heavy (non-hydrogen) atoms. The molecule has 51 atom stereocenters. The molecule has 44 unspecified atom stereocenters. The molecule has 14 rings (SSSR count). The van der Waals surface area contributed by atoms with E-state index in [9.17, 15) is 132 Å². The lowest BCUT2D eigenvalue weighted by Gasteiger charge is -2.71. The van der Waals surface area contributed by atoms with Crippen LogP contribution in [0.25, 0.3) is 0 Å². The number of carbonyl (C=O) groups is 4. The minimum absolute atomic E-state index is 0.0230. The molecule has 23 N–H and O–H groups in total. The molecule has 0 aromatic rings. The highest BCUT2D eigenvalue weighted by Crippen LogP contribution is 2.76. The number of aliphatic hydroxyl groups excluding tert-OH is 21. The summed E-state index contributed by atoms with van der Waals surface area (Å²) in [6.07, 6.45) is -75.7. The van der Waals surface area contributed by atoms with Crippen molar-refractivity contribution in [3.63, 3.8) is 0 Å². The number of esters is 2. The summed E-state index contributed by atoms with van der Waals surface area (Å²) >= 11 is 0. The Hall–Kier alpha value is -3.74. The van der Waals surface area contributed by atoms with Gasteiger partial charge in [0.15, 0.2) is 68.6 Å². The fourth-order valence-corrected chi connectivity index (χ4v) is 23.2. The van der Waals surface area contributed by atoms with Crippen LogP contribution in [0.4, 0.5) is 0 Å². The minimum Gasteiger partial charge on any atom is -0.479 e. The van der Waals surface area contributed by atoms with Gasteiger partial charge in [-0.15, -0.1) is 0 Å². The Labute approximate surface area is 740 Å². The predicted octanol–water partition coefficient (Wildman–Crippen LogP) is -9.10. The van der Waals surface area contributed by atoms with Crippen LogP contribution in [0.3, 0.4) is 0 Å². The van der Waals surface area contributed by atoms with Crippen molar-refractivity contribution in [1.29, 1.82) is 0 Å². The van der Waals surface area contributed by atoms with Crippen LogP contribution in [0, 0.1) is 50.2 Å². The molecule has 0 bridgehead atoms. The number of aliphatic hydroxyl groups is 22. The summed E-state index contributed by atoms with van der Waals surface area (Å²) in [5.74, 6) is -5.60. The van der Waals surface area contributed by atoms with Crippen LogP contribution in [-0.2, 0) is 109 Å². The summed E-state index contributed by atoms with van der Waals surface area (Å²) in [6.45, 7) is 12.1. The first-order chi connectivity index (χ1) is 60.5. The summed E-state index contributed by atoms with van der Waals surface area (Å²) in [7, 11) is 0. The molecular formula is C83H130O46. The average Bonchev–Trinajstić information content (AvgIpc) is 1.43. The zero-order valence-electron chi connectivity index (χ0n) is 72.9. The van der Waals surface area contributed by atoms with Crippen LogP contribution in [0.1, 0.15) is 127 Å². The fourth-order valence-electron chi connectivity index (χ4n) is 23.2. The topological polar surface area (TPSA) is 709 Å². The van der Waals surface area contributed by atoms with Gasteiger partial charge in [0, 0.05) is 6.92 Å². The molecule has 738 valence electrons. The maximum atomic E-state index is 16.7. The fraction of sp³-hybridized carbons (Fsp3) is 0.928. The Morgan fingerprint density at radius 3 is 1.55 bits per heavy atom. The van der Waals surface area contributed by atoms with Crippen LogP contribution < -0.4 is 0 Å². The summed E-state index contributed by atoms with van der Waals surface area (Å²) in [6, 6.07) is 0. The SMILES string of the molecule is CC(=O)OC1C(C)OC(OC(=O)[C@]23CCC(C)(C)CC2C2=CCC4[C@@]5(C)CC[C@H](OC6OC(C(=O)O)C(O)C(OC7OCC(O)C(O)C7O)C6OC6OC(CO)C(O)C(O)C6O)[C@@](C)(C=O)C5CC[C@@]4(C)[C@]2(C)C[C@H]3O)C(OC2OC(C)C(OC3OCC(O)C(OC4OCC(O)(CO)C4O)C3O)C(OC3OC(CO)C(O)C(O)C3O)C2O)C1OC1OC(C)C(O)C(O)C1O. The van der Waals surface area contributed by atoms with E-state index in [1.807, 2.05) is 20.8 Å². The van der Waals surface area contributed by atoms with Crippen LogP contribution >= 0.6 is 0 Å². The highest BCUT2D eigenvalue weighted by molar-refractivity contribution is 5.80. The van der Waals surface area contributed by atoms with E-state index < -0.39 is 366 Å². The van der Waals surface area contributed by atoms with Gasteiger partial charge in [-0.3, -0.25) is 9.59 Å². The predicted molar refractivity (Wildman–Crippen MR) is 416 cm³/mol. The highest BCUT2D eigenvalue weighted by Gasteiger charge is 2.74. The standard InChI is InChI=1S/C83H130O46/c1-28-42(92)46(96)50(100)69(114-28)126-62-57(117-31(4)88)30(3)116-73(64(62)128-72-55(105)60(124-70-51(101)47(97)44(94)36(21-84)118-70)56(29(2)115-72)121-68-54(104)58(35(90)24-112-68)122-75-65(106)82(110,26-87)27-113-75)129-76(109)83-18-17-77(5,6)19-33(83)32-11-12-39-78(7)15-14-41(79(8,25-86)38(78)13-16-80(39,9)81(32,10)20-40(83)91)120-74-63(127-71-52(102)48(98)45(95)37(22-85)119-71)59(53(103)61(125-74)66(107)108)123-67-49(99)43(93)34(89)23-111-67/h11,25,28-30,33-65,67-75,84-85,87,89-106,110H,12-24,26-27H2,1-10H3,(H,107,108)/t28?,29?,30?,33?,34?,35?,36?,37?,38?,39?,40-,41+,42?,43?,44?,45?,46?,47?,48?,49?,50?,51?,52?,53?,54?,55?,56?,57?,58?,59?,60?,61?,62?,63?,64?,65?,67?,68?,69?,70?,71?,72?,73?,74?,75?,78+,79+,80-,81-,82?,83-/m1/s1. The molecular weight excluding hydrogens is 1730 g/mol. The van der Waals surface area contributed by atoms with Gasteiger partial charge in [-0.1, -0.05) is 53.2 Å². The summed E-state index contributed by atoms with van der Waals surface area (Å²) < 4.78 is 117. The Morgan fingerprint density at radius 2 is 0.961 bits per heavy atom. The molecule has 4 saturated carbocycles. The smallest absolute Gasteiger partial charge is 0.335 e. The number of carboxylic acids is 1. The summed E-state index contributed by atoms with van der Waals surface area (Å²) in [5.41, 5.74) is -8.00. The molecule has 46 nitrogen and oxygen atoms in total. The first-order valence-corrected chi connectivity index (χ1v) is 44.1. The third-order valence-electron chi connectivity index (χ3n) is 31.0. The van der Waals surface area contributed by atoms with Gasteiger partial charge in [-0.2, -0.15) is 0 Å². The number of carbonyl (C=O) groups excluding carboxylic acids is 3. The third-order valence-corrected chi connectivity index (χ3v) is 31.0. The number of fused-ring (bicyclic) bond motifs is 7. The van der Waals surface area contributed by atoms with E-state index in [2.05, 4.69) is 19.9 Å². The highest BCUT2D eigenvalue weighted by atomic mass is 16.8. The zero-order chi connectivity index (χ0) is 94.2. The Kier molecular flexibility index (Phi) is 30.2. The quantitative estimate of drug-likeness (QED) is 0.0185. The number of rotatable bonds is 24. The van der Waals surface area contributed by atoms with E-state index >= 15 is 4.79 Å². The van der Waals surface area contributed by atoms with Gasteiger partial charge in [-0.25, -0.2) is 4.79 Å². The van der Waals surface area contributed by atoms with E-state index in [1.165, 1.54) is 20.8 Å². The first-order valence-electron chi connectivity index (χ1n) is 44.1. The monoisotopic (exact) mass is 1860 g/mol. The lowest BCUT2D eigenvalue weighted by molar-refractivity contribution is -0.404. The molecule has 0 radical (unpaired) electrons. The zero-order valence-corrected chi connectivity index (χ0v) is 72.9. The number of allylic oxidation sites excluding steroid dienone is 2. The minimum atomic E-state index is -2.36. The molecule has 5 aliphatic carbocycles. The van der Waals surface area contributed by atoms with Crippen LogP contribution in [0.2, 0.25) is 0 Å². The number of carboxylic acid groups (broad SMARTS) is 1. The van der Waals surface area contributed by atoms with Gasteiger partial charge >= 0.3 is 17.9 Å². The maximum Gasteiger partial charge on any atom is 0.335 e. The number of aliphatic carboxylic acids is 1. The largest absolute Gasteiger partial charge is 0.479 e. The van der Waals surface area contributed by atoms with Crippen molar-refractivity contribution in [3.05, 3.63) is 11.6 Å². The number of ether oxygens (including phenoxy) is 19. The normalized spacial score (nSPS) is 54.1. The molecule has 9 aliphatic heterocycles. The molecule has 0 amide bonds. The van der Waals surface area contributed by atoms with Crippen molar-refractivity contribution < 1.29 is 227 Å². The van der Waals surface area contributed by atoms with E-state index in [0.717, 1.165) is 18.8 Å². The second-order valence-corrected chi connectivity index (χ2v) is 39.4. The molecule has 46 heteroatoms. The number of hydrogen-bond acceptors (Lipinski definition) is 45. The molecule has 13 fully saturated rings. The van der Waals surface area contributed by atoms with Crippen molar-refractivity contribution in [2.45, 2.75) is 391 Å². The number of aldehydes is 1. The first kappa shape index (κ1) is 101. The van der Waals surface area contributed by atoms with Gasteiger partial charge in [0.25, 0.3) is 0 Å². The van der Waals surface area contributed by atoms with E-state index in [4.69, 9.17) is 90.0 Å². The van der Waals surface area contributed by atoms with Crippen molar-refractivity contribution in [3.8, 4) is 0 Å². The lowest BCUT2D eigenvalue weighted by Crippen LogP contribution is -2.70. The van der Waals surface area contributed by atoms with Crippen molar-refractivity contribution in [2.24, 2.45) is 50.2 Å². The van der Waals surface area contributed by atoms with E-state index in [1.54, 1.807) is 6.92 Å². The average molecular weight is 1860 g/mol. The summed E-state index contributed by atoms with van der Waals surface area (Å²) in [4.78, 5) is 57.7. The summed E-state index contributed by atoms with van der Waals surface area (Å²) in [5, 5.41) is 257.